The van der Waals surface area contributed by atoms with Gasteiger partial charge in [-0.3, -0.25) is 9.59 Å². The molecular formula is C15H26N2O3. The highest BCUT2D eigenvalue weighted by Gasteiger charge is 2.43. The molecule has 0 aromatic carbocycles. The van der Waals surface area contributed by atoms with E-state index in [2.05, 4.69) is 6.92 Å². The van der Waals surface area contributed by atoms with Crippen LogP contribution in [0, 0.1) is 17.3 Å². The van der Waals surface area contributed by atoms with Gasteiger partial charge in [0.05, 0.1) is 11.3 Å². The lowest BCUT2D eigenvalue weighted by Crippen LogP contribution is -2.52. The predicted molar refractivity (Wildman–Crippen MR) is 76.1 cm³/mol. The SMILES string of the molecule is CC1CCC(CN)(C(=O)N2CCC(C(=O)O)CC2)CC1. The summed E-state index contributed by atoms with van der Waals surface area (Å²) in [6, 6.07) is 0. The van der Waals surface area contributed by atoms with Gasteiger partial charge < -0.3 is 15.7 Å². The minimum absolute atomic E-state index is 0.163. The van der Waals surface area contributed by atoms with E-state index in [1.165, 1.54) is 0 Å². The number of amides is 1. The predicted octanol–water partition coefficient (Wildman–Crippen LogP) is 1.46. The summed E-state index contributed by atoms with van der Waals surface area (Å²) in [6.07, 6.45) is 5.02. The number of carboxylic acid groups (broad SMARTS) is 1. The number of piperidine rings is 1. The zero-order chi connectivity index (χ0) is 14.8. The Hall–Kier alpha value is -1.10. The summed E-state index contributed by atoms with van der Waals surface area (Å²) in [6.45, 7) is 3.76. The van der Waals surface area contributed by atoms with E-state index < -0.39 is 5.97 Å². The van der Waals surface area contributed by atoms with Crippen LogP contribution in [0.4, 0.5) is 0 Å². The molecule has 2 fully saturated rings. The highest BCUT2D eigenvalue weighted by atomic mass is 16.4. The minimum Gasteiger partial charge on any atom is -0.481 e. The summed E-state index contributed by atoms with van der Waals surface area (Å²) in [5, 5.41) is 9.01. The molecule has 1 saturated carbocycles. The Balaban J connectivity index is 1.98. The molecule has 0 atom stereocenters. The average molecular weight is 282 g/mol. The van der Waals surface area contributed by atoms with E-state index in [0.717, 1.165) is 25.7 Å². The monoisotopic (exact) mass is 282 g/mol. The van der Waals surface area contributed by atoms with Crippen LogP contribution in [0.5, 0.6) is 0 Å². The van der Waals surface area contributed by atoms with Crippen molar-refractivity contribution in [1.29, 1.82) is 0 Å². The molecule has 1 saturated heterocycles. The van der Waals surface area contributed by atoms with Crippen molar-refractivity contribution >= 4 is 11.9 Å². The first-order valence-electron chi connectivity index (χ1n) is 7.71. The number of carbonyl (C=O) groups is 2. The Morgan fingerprint density at radius 3 is 2.20 bits per heavy atom. The fraction of sp³-hybridized carbons (Fsp3) is 0.867. The molecule has 0 unspecified atom stereocenters. The largest absolute Gasteiger partial charge is 0.481 e. The quantitative estimate of drug-likeness (QED) is 0.821. The standard InChI is InChI=1S/C15H26N2O3/c1-11-2-6-15(10-16,7-3-11)14(20)17-8-4-12(5-9-17)13(18)19/h11-12H,2-10,16H2,1H3,(H,18,19). The third-order valence-electron chi connectivity index (χ3n) is 5.21. The number of nitrogens with zero attached hydrogens (tertiary/aromatic N) is 1. The van der Waals surface area contributed by atoms with Gasteiger partial charge in [-0.05, 0) is 44.4 Å². The van der Waals surface area contributed by atoms with Crippen molar-refractivity contribution < 1.29 is 14.7 Å². The summed E-state index contributed by atoms with van der Waals surface area (Å²) < 4.78 is 0. The topological polar surface area (TPSA) is 83.6 Å². The molecule has 1 aliphatic carbocycles. The zero-order valence-electron chi connectivity index (χ0n) is 12.3. The van der Waals surface area contributed by atoms with Crippen LogP contribution >= 0.6 is 0 Å². The van der Waals surface area contributed by atoms with Gasteiger partial charge >= 0.3 is 5.97 Å². The molecule has 1 heterocycles. The summed E-state index contributed by atoms with van der Waals surface area (Å²) in [4.78, 5) is 25.6. The molecule has 20 heavy (non-hydrogen) atoms. The van der Waals surface area contributed by atoms with E-state index in [-0.39, 0.29) is 17.2 Å². The Morgan fingerprint density at radius 2 is 1.75 bits per heavy atom. The fourth-order valence-electron chi connectivity index (χ4n) is 3.48. The molecule has 0 spiro atoms. The van der Waals surface area contributed by atoms with Crippen molar-refractivity contribution in [3.05, 3.63) is 0 Å². The molecule has 114 valence electrons. The van der Waals surface area contributed by atoms with Gasteiger partial charge in [0, 0.05) is 19.6 Å². The molecule has 2 aliphatic rings. The molecule has 5 nitrogen and oxygen atoms in total. The molecule has 0 aromatic rings. The molecular weight excluding hydrogens is 256 g/mol. The van der Waals surface area contributed by atoms with Crippen LogP contribution < -0.4 is 5.73 Å². The Kier molecular flexibility index (Phi) is 4.68. The highest BCUT2D eigenvalue weighted by Crippen LogP contribution is 2.40. The van der Waals surface area contributed by atoms with Crippen LogP contribution in [0.2, 0.25) is 0 Å². The van der Waals surface area contributed by atoms with Gasteiger partial charge in [-0.25, -0.2) is 0 Å². The van der Waals surface area contributed by atoms with Gasteiger partial charge in [-0.2, -0.15) is 0 Å². The first-order valence-corrected chi connectivity index (χ1v) is 7.71. The van der Waals surface area contributed by atoms with Crippen molar-refractivity contribution in [2.24, 2.45) is 23.0 Å². The van der Waals surface area contributed by atoms with Crippen LogP contribution in [-0.4, -0.2) is 41.5 Å². The number of rotatable bonds is 3. The van der Waals surface area contributed by atoms with E-state index in [1.54, 1.807) is 0 Å². The molecule has 2 rings (SSSR count). The first kappa shape index (κ1) is 15.3. The van der Waals surface area contributed by atoms with Crippen molar-refractivity contribution in [3.8, 4) is 0 Å². The average Bonchev–Trinajstić information content (AvgIpc) is 2.48. The maximum absolute atomic E-state index is 12.8. The van der Waals surface area contributed by atoms with Crippen molar-refractivity contribution in [3.63, 3.8) is 0 Å². The van der Waals surface area contributed by atoms with E-state index in [9.17, 15) is 9.59 Å². The van der Waals surface area contributed by atoms with Crippen molar-refractivity contribution in [2.45, 2.75) is 45.4 Å². The van der Waals surface area contributed by atoms with Crippen LogP contribution in [-0.2, 0) is 9.59 Å². The van der Waals surface area contributed by atoms with Gasteiger partial charge in [-0.15, -0.1) is 0 Å². The number of aliphatic carboxylic acids is 1. The molecule has 1 amide bonds. The van der Waals surface area contributed by atoms with Crippen LogP contribution in [0.1, 0.15) is 45.4 Å². The van der Waals surface area contributed by atoms with Gasteiger partial charge in [0.2, 0.25) is 5.91 Å². The number of carboxylic acids is 1. The van der Waals surface area contributed by atoms with Gasteiger partial charge in [0.1, 0.15) is 0 Å². The van der Waals surface area contributed by atoms with Crippen molar-refractivity contribution in [1.82, 2.24) is 4.90 Å². The lowest BCUT2D eigenvalue weighted by atomic mass is 9.69. The third-order valence-corrected chi connectivity index (χ3v) is 5.21. The first-order chi connectivity index (χ1) is 9.48. The highest BCUT2D eigenvalue weighted by molar-refractivity contribution is 5.83. The van der Waals surface area contributed by atoms with E-state index in [0.29, 0.717) is 38.4 Å². The Bertz CT molecular complexity index is 367. The summed E-state index contributed by atoms with van der Waals surface area (Å²) in [7, 11) is 0. The summed E-state index contributed by atoms with van der Waals surface area (Å²) in [5.41, 5.74) is 5.54. The third kappa shape index (κ3) is 2.97. The normalized spacial score (nSPS) is 32.1. The lowest BCUT2D eigenvalue weighted by Gasteiger charge is -2.42. The molecule has 3 N–H and O–H groups in total. The van der Waals surface area contributed by atoms with Gasteiger partial charge in [0.25, 0.3) is 0 Å². The Morgan fingerprint density at radius 1 is 1.20 bits per heavy atom. The maximum atomic E-state index is 12.8. The fourth-order valence-corrected chi connectivity index (χ4v) is 3.48. The smallest absolute Gasteiger partial charge is 0.306 e. The number of hydrogen-bond acceptors (Lipinski definition) is 3. The van der Waals surface area contributed by atoms with Crippen molar-refractivity contribution in [2.75, 3.05) is 19.6 Å². The van der Waals surface area contributed by atoms with Gasteiger partial charge in [-0.1, -0.05) is 6.92 Å². The van der Waals surface area contributed by atoms with Crippen LogP contribution in [0.15, 0.2) is 0 Å². The second-order valence-electron chi connectivity index (χ2n) is 6.57. The Labute approximate surface area is 120 Å². The van der Waals surface area contributed by atoms with E-state index in [4.69, 9.17) is 10.8 Å². The number of carbonyl (C=O) groups excluding carboxylic acids is 1. The molecule has 0 radical (unpaired) electrons. The molecule has 1 aliphatic heterocycles. The molecule has 0 aromatic heterocycles. The minimum atomic E-state index is -0.739. The lowest BCUT2D eigenvalue weighted by molar-refractivity contribution is -0.150. The number of likely N-dealkylation sites (tertiary alicyclic amines) is 1. The number of hydrogen-bond donors (Lipinski definition) is 2. The van der Waals surface area contributed by atoms with Crippen LogP contribution in [0.3, 0.4) is 0 Å². The number of nitrogens with two attached hydrogens (primary N) is 1. The van der Waals surface area contributed by atoms with Crippen LogP contribution in [0.25, 0.3) is 0 Å². The summed E-state index contributed by atoms with van der Waals surface area (Å²) >= 11 is 0. The van der Waals surface area contributed by atoms with Gasteiger partial charge in [0.15, 0.2) is 0 Å². The zero-order valence-corrected chi connectivity index (χ0v) is 12.3. The van der Waals surface area contributed by atoms with E-state index >= 15 is 0 Å². The molecule has 5 heteroatoms. The second-order valence-corrected chi connectivity index (χ2v) is 6.57. The molecule has 0 bridgehead atoms. The summed E-state index contributed by atoms with van der Waals surface area (Å²) in [5.74, 6) is -0.188. The van der Waals surface area contributed by atoms with E-state index in [1.807, 2.05) is 4.90 Å². The second kappa shape index (κ2) is 6.12. The maximum Gasteiger partial charge on any atom is 0.306 e.